The van der Waals surface area contributed by atoms with Gasteiger partial charge in [-0.2, -0.15) is 0 Å². The summed E-state index contributed by atoms with van der Waals surface area (Å²) in [7, 11) is 2.97. The minimum Gasteiger partial charge on any atom is -0.493 e. The molecule has 0 saturated heterocycles. The maximum Gasteiger partial charge on any atom is 0.335 e. The van der Waals surface area contributed by atoms with Crippen molar-refractivity contribution in [3.63, 3.8) is 0 Å². The highest BCUT2D eigenvalue weighted by Gasteiger charge is 2.19. The second-order valence-corrected chi connectivity index (χ2v) is 7.11. The van der Waals surface area contributed by atoms with Gasteiger partial charge < -0.3 is 19.3 Å². The highest BCUT2D eigenvalue weighted by atomic mass is 32.1. The van der Waals surface area contributed by atoms with Crippen molar-refractivity contribution < 1.29 is 24.1 Å². The van der Waals surface area contributed by atoms with Crippen LogP contribution in [0, 0.1) is 0 Å². The van der Waals surface area contributed by atoms with Crippen LogP contribution < -0.4 is 14.2 Å². The highest BCUT2D eigenvalue weighted by molar-refractivity contribution is 7.10. The van der Waals surface area contributed by atoms with Crippen LogP contribution in [0.5, 0.6) is 17.2 Å². The van der Waals surface area contributed by atoms with Gasteiger partial charge in [0.05, 0.1) is 26.4 Å². The second kappa shape index (κ2) is 8.42. The molecule has 0 atom stereocenters. The van der Waals surface area contributed by atoms with Gasteiger partial charge in [0, 0.05) is 24.5 Å². The summed E-state index contributed by atoms with van der Waals surface area (Å²) in [6.45, 7) is 3.53. The molecule has 3 rings (SSSR count). The van der Waals surface area contributed by atoms with E-state index >= 15 is 0 Å². The summed E-state index contributed by atoms with van der Waals surface area (Å²) in [5, 5.41) is 11.3. The average molecular weight is 377 g/mol. The Morgan fingerprint density at radius 1 is 1.27 bits per heavy atom. The summed E-state index contributed by atoms with van der Waals surface area (Å²) in [6.07, 6.45) is 1.98. The van der Waals surface area contributed by atoms with Gasteiger partial charge in [-0.25, -0.2) is 4.79 Å². The largest absolute Gasteiger partial charge is 0.493 e. The number of carboxylic acids is 1. The molecule has 6 nitrogen and oxygen atoms in total. The van der Waals surface area contributed by atoms with Gasteiger partial charge in [-0.1, -0.05) is 0 Å². The number of fused-ring (bicyclic) bond motifs is 1. The lowest BCUT2D eigenvalue weighted by atomic mass is 10.1. The molecule has 140 valence electrons. The fourth-order valence-corrected chi connectivity index (χ4v) is 4.00. The van der Waals surface area contributed by atoms with Gasteiger partial charge in [0.25, 0.3) is 0 Å². The summed E-state index contributed by atoms with van der Waals surface area (Å²) >= 11 is 1.84. The Balaban J connectivity index is 1.57. The lowest BCUT2D eigenvalue weighted by molar-refractivity contribution is 0.0696. The lowest BCUT2D eigenvalue weighted by Crippen LogP contribution is -2.31. The molecule has 7 heteroatoms. The van der Waals surface area contributed by atoms with Gasteiger partial charge in [0.2, 0.25) is 5.75 Å². The second-order valence-electron chi connectivity index (χ2n) is 6.11. The molecular weight excluding hydrogens is 354 g/mol. The zero-order chi connectivity index (χ0) is 18.5. The van der Waals surface area contributed by atoms with Gasteiger partial charge in [0.1, 0.15) is 0 Å². The molecule has 0 fully saturated rings. The number of aromatic carboxylic acids is 1. The highest BCUT2D eigenvalue weighted by Crippen LogP contribution is 2.38. The zero-order valence-corrected chi connectivity index (χ0v) is 15.8. The van der Waals surface area contributed by atoms with Crippen LogP contribution >= 0.6 is 11.3 Å². The monoisotopic (exact) mass is 377 g/mol. The predicted octanol–water partition coefficient (Wildman–Crippen LogP) is 3.29. The Morgan fingerprint density at radius 3 is 2.65 bits per heavy atom. The topological polar surface area (TPSA) is 68.2 Å². The number of nitrogens with zero attached hydrogens (tertiary/aromatic N) is 1. The summed E-state index contributed by atoms with van der Waals surface area (Å²) in [5.41, 5.74) is 1.54. The smallest absolute Gasteiger partial charge is 0.335 e. The minimum absolute atomic E-state index is 0.103. The van der Waals surface area contributed by atoms with E-state index < -0.39 is 5.97 Å². The van der Waals surface area contributed by atoms with Crippen molar-refractivity contribution in [2.24, 2.45) is 0 Å². The first kappa shape index (κ1) is 18.5. The van der Waals surface area contributed by atoms with Gasteiger partial charge in [-0.15, -0.1) is 11.3 Å². The number of hydrogen-bond acceptors (Lipinski definition) is 6. The standard InChI is InChI=1S/C19H23NO5S/c1-23-15-10-14(19(21)22)11-16(24-2)18(15)25-8-3-6-20-7-4-17-13(12-20)5-9-26-17/h5,9-11H,3-4,6-8,12H2,1-2H3,(H,21,22). The van der Waals surface area contributed by atoms with Crippen molar-refractivity contribution in [1.82, 2.24) is 4.90 Å². The fourth-order valence-electron chi connectivity index (χ4n) is 3.11. The minimum atomic E-state index is -1.04. The van der Waals surface area contributed by atoms with Gasteiger partial charge in [-0.3, -0.25) is 4.90 Å². The third-order valence-electron chi connectivity index (χ3n) is 4.46. The third-order valence-corrected chi connectivity index (χ3v) is 5.48. The number of thiophene rings is 1. The molecule has 0 saturated carbocycles. The van der Waals surface area contributed by atoms with Crippen molar-refractivity contribution in [3.8, 4) is 17.2 Å². The zero-order valence-electron chi connectivity index (χ0n) is 15.0. The first-order valence-corrected chi connectivity index (χ1v) is 9.40. The molecule has 0 bridgehead atoms. The number of hydrogen-bond donors (Lipinski definition) is 1. The molecule has 26 heavy (non-hydrogen) atoms. The first-order valence-electron chi connectivity index (χ1n) is 8.52. The van der Waals surface area contributed by atoms with E-state index in [4.69, 9.17) is 14.2 Å². The van der Waals surface area contributed by atoms with Crippen LogP contribution in [0.1, 0.15) is 27.2 Å². The van der Waals surface area contributed by atoms with Crippen molar-refractivity contribution in [2.45, 2.75) is 19.4 Å². The first-order chi connectivity index (χ1) is 12.6. The molecule has 0 spiro atoms. The van der Waals surface area contributed by atoms with Crippen molar-refractivity contribution in [1.29, 1.82) is 0 Å². The molecule has 2 aromatic rings. The van der Waals surface area contributed by atoms with E-state index in [1.807, 2.05) is 11.3 Å². The van der Waals surface area contributed by atoms with Gasteiger partial charge in [0.15, 0.2) is 11.5 Å². The molecule has 1 aromatic heterocycles. The van der Waals surface area contributed by atoms with Crippen LogP contribution in [0.25, 0.3) is 0 Å². The number of carbonyl (C=O) groups is 1. The number of carboxylic acid groups (broad SMARTS) is 1. The summed E-state index contributed by atoms with van der Waals surface area (Å²) < 4.78 is 16.4. The van der Waals surface area contributed by atoms with Crippen LogP contribution in [0.3, 0.4) is 0 Å². The molecule has 1 aliphatic rings. The number of rotatable bonds is 8. The molecule has 1 aliphatic heterocycles. The van der Waals surface area contributed by atoms with E-state index in [1.165, 1.54) is 36.8 Å². The summed E-state index contributed by atoms with van der Waals surface area (Å²) in [6, 6.07) is 5.11. The van der Waals surface area contributed by atoms with E-state index in [0.29, 0.717) is 23.9 Å². The van der Waals surface area contributed by atoms with Crippen molar-refractivity contribution >= 4 is 17.3 Å². The fraction of sp³-hybridized carbons (Fsp3) is 0.421. The van der Waals surface area contributed by atoms with E-state index in [9.17, 15) is 9.90 Å². The molecule has 0 amide bonds. The van der Waals surface area contributed by atoms with Crippen LogP contribution in [-0.4, -0.2) is 49.9 Å². The average Bonchev–Trinajstić information content (AvgIpc) is 3.12. The molecule has 1 aromatic carbocycles. The molecule has 0 radical (unpaired) electrons. The Labute approximate surface area is 156 Å². The number of methoxy groups -OCH3 is 2. The maximum atomic E-state index is 11.2. The van der Waals surface area contributed by atoms with E-state index in [0.717, 1.165) is 32.5 Å². The van der Waals surface area contributed by atoms with Gasteiger partial charge >= 0.3 is 5.97 Å². The van der Waals surface area contributed by atoms with E-state index in [1.54, 1.807) is 0 Å². The molecular formula is C19H23NO5S. The number of ether oxygens (including phenoxy) is 3. The summed E-state index contributed by atoms with van der Waals surface area (Å²) in [4.78, 5) is 15.1. The Kier molecular flexibility index (Phi) is 6.00. The van der Waals surface area contributed by atoms with Crippen LogP contribution in [-0.2, 0) is 13.0 Å². The predicted molar refractivity (Wildman–Crippen MR) is 99.9 cm³/mol. The quantitative estimate of drug-likeness (QED) is 0.712. The SMILES string of the molecule is COc1cc(C(=O)O)cc(OC)c1OCCCN1CCc2sccc2C1. The Hall–Kier alpha value is -2.25. The van der Waals surface area contributed by atoms with Crippen molar-refractivity contribution in [3.05, 3.63) is 39.6 Å². The van der Waals surface area contributed by atoms with Gasteiger partial charge in [-0.05, 0) is 42.0 Å². The molecule has 2 heterocycles. The number of benzene rings is 1. The molecule has 0 unspecified atom stereocenters. The van der Waals surface area contributed by atoms with Crippen molar-refractivity contribution in [2.75, 3.05) is 33.9 Å². The normalized spacial score (nSPS) is 13.9. The lowest BCUT2D eigenvalue weighted by Gasteiger charge is -2.26. The summed E-state index contributed by atoms with van der Waals surface area (Å²) in [5.74, 6) is 0.134. The third kappa shape index (κ3) is 4.11. The van der Waals surface area contributed by atoms with E-state index in [-0.39, 0.29) is 5.56 Å². The van der Waals surface area contributed by atoms with Crippen LogP contribution in [0.2, 0.25) is 0 Å². The molecule has 0 aliphatic carbocycles. The van der Waals surface area contributed by atoms with Crippen LogP contribution in [0.15, 0.2) is 23.6 Å². The Bertz CT molecular complexity index is 748. The molecule has 1 N–H and O–H groups in total. The maximum absolute atomic E-state index is 11.2. The Morgan fingerprint density at radius 2 is 2.00 bits per heavy atom. The van der Waals surface area contributed by atoms with E-state index in [2.05, 4.69) is 16.3 Å². The van der Waals surface area contributed by atoms with Crippen LogP contribution in [0.4, 0.5) is 0 Å².